The van der Waals surface area contributed by atoms with Crippen molar-refractivity contribution in [3.63, 3.8) is 0 Å². The second kappa shape index (κ2) is 8.74. The number of ether oxygens (including phenoxy) is 1. The molecule has 0 spiro atoms. The third kappa shape index (κ3) is 4.46. The number of aryl methyl sites for hydroxylation is 1. The van der Waals surface area contributed by atoms with Gasteiger partial charge in [0.05, 0.1) is 12.1 Å². The van der Waals surface area contributed by atoms with Gasteiger partial charge in [0.15, 0.2) is 0 Å². The average molecular weight is 398 g/mol. The summed E-state index contributed by atoms with van der Waals surface area (Å²) in [5, 5.41) is 0. The molecule has 0 N–H and O–H groups in total. The zero-order valence-electron chi connectivity index (χ0n) is 16.7. The Morgan fingerprint density at radius 2 is 1.60 bits per heavy atom. The van der Waals surface area contributed by atoms with Crippen molar-refractivity contribution in [2.45, 2.75) is 25.9 Å². The lowest BCUT2D eigenvalue weighted by Gasteiger charge is -2.17. The van der Waals surface area contributed by atoms with Gasteiger partial charge in [-0.2, -0.15) is 0 Å². The minimum Gasteiger partial charge on any atom is -0.459 e. The fourth-order valence-electron chi connectivity index (χ4n) is 3.51. The van der Waals surface area contributed by atoms with Crippen molar-refractivity contribution in [2.75, 3.05) is 0 Å². The van der Waals surface area contributed by atoms with Crippen LogP contribution in [0.5, 0.6) is 0 Å². The van der Waals surface area contributed by atoms with Gasteiger partial charge >= 0.3 is 5.97 Å². The van der Waals surface area contributed by atoms with Crippen LogP contribution in [0.4, 0.5) is 0 Å². The van der Waals surface area contributed by atoms with Gasteiger partial charge < -0.3 is 4.74 Å². The van der Waals surface area contributed by atoms with E-state index in [2.05, 4.69) is 4.98 Å². The van der Waals surface area contributed by atoms with Crippen molar-refractivity contribution in [3.8, 4) is 0 Å². The Labute approximate surface area is 174 Å². The van der Waals surface area contributed by atoms with Crippen LogP contribution in [0.25, 0.3) is 5.65 Å². The molecule has 0 aliphatic carbocycles. The van der Waals surface area contributed by atoms with Crippen molar-refractivity contribution in [3.05, 3.63) is 118 Å². The lowest BCUT2D eigenvalue weighted by molar-refractivity contribution is -0.145. The van der Waals surface area contributed by atoms with E-state index in [4.69, 9.17) is 4.74 Å². The molecule has 0 fully saturated rings. The Balaban J connectivity index is 1.50. The second-order valence-electron chi connectivity index (χ2n) is 7.26. The minimum atomic E-state index is -0.335. The van der Waals surface area contributed by atoms with Crippen LogP contribution >= 0.6 is 0 Å². The van der Waals surface area contributed by atoms with Crippen LogP contribution < -0.4 is 5.56 Å². The predicted octanol–water partition coefficient (Wildman–Crippen LogP) is 4.27. The Bertz CT molecular complexity index is 1180. The van der Waals surface area contributed by atoms with Gasteiger partial charge in [-0.3, -0.25) is 14.0 Å². The van der Waals surface area contributed by atoms with E-state index in [0.717, 1.165) is 16.7 Å². The summed E-state index contributed by atoms with van der Waals surface area (Å²) in [7, 11) is 0. The first kappa shape index (κ1) is 19.6. The summed E-state index contributed by atoms with van der Waals surface area (Å²) < 4.78 is 6.97. The van der Waals surface area contributed by atoms with Gasteiger partial charge in [0.25, 0.3) is 5.56 Å². The number of benzene rings is 2. The van der Waals surface area contributed by atoms with Crippen LogP contribution in [0.3, 0.4) is 0 Å². The summed E-state index contributed by atoms with van der Waals surface area (Å²) in [4.78, 5) is 29.4. The Morgan fingerprint density at radius 3 is 2.23 bits per heavy atom. The third-order valence-corrected chi connectivity index (χ3v) is 5.02. The van der Waals surface area contributed by atoms with Crippen LogP contribution in [0.1, 0.15) is 34.7 Å². The largest absolute Gasteiger partial charge is 0.459 e. The molecule has 0 amide bonds. The maximum atomic E-state index is 12.6. The highest BCUT2D eigenvalue weighted by molar-refractivity contribution is 5.71. The first-order chi connectivity index (χ1) is 14.6. The standard InChI is InChI=1S/C25H22N2O3/c1-18-12-13-23-26-21(14-24(28)27(23)16-18)17-30-25(29)15-22(19-8-4-2-5-9-19)20-10-6-3-7-11-20/h2-14,16,22H,15,17H2,1H3. The van der Waals surface area contributed by atoms with E-state index >= 15 is 0 Å². The molecule has 0 radical (unpaired) electrons. The van der Waals surface area contributed by atoms with Crippen LogP contribution in [0.15, 0.2) is 89.9 Å². The molecule has 4 rings (SSSR count). The molecule has 2 heterocycles. The van der Waals surface area contributed by atoms with Crippen molar-refractivity contribution in [1.29, 1.82) is 0 Å². The van der Waals surface area contributed by atoms with Crippen molar-refractivity contribution in [1.82, 2.24) is 9.38 Å². The van der Waals surface area contributed by atoms with E-state index in [9.17, 15) is 9.59 Å². The van der Waals surface area contributed by atoms with Gasteiger partial charge in [-0.15, -0.1) is 0 Å². The fourth-order valence-corrected chi connectivity index (χ4v) is 3.51. The zero-order chi connectivity index (χ0) is 20.9. The van der Waals surface area contributed by atoms with Crippen LogP contribution in [0, 0.1) is 6.92 Å². The highest BCUT2D eigenvalue weighted by Crippen LogP contribution is 2.28. The van der Waals surface area contributed by atoms with E-state index in [1.54, 1.807) is 12.3 Å². The normalized spacial score (nSPS) is 11.0. The van der Waals surface area contributed by atoms with E-state index in [-0.39, 0.29) is 30.5 Å². The number of nitrogens with zero attached hydrogens (tertiary/aromatic N) is 2. The predicted molar refractivity (Wildman–Crippen MR) is 115 cm³/mol. The van der Waals surface area contributed by atoms with E-state index < -0.39 is 0 Å². The smallest absolute Gasteiger partial charge is 0.307 e. The molecule has 0 saturated heterocycles. The number of esters is 1. The molecular formula is C25H22N2O3. The average Bonchev–Trinajstić information content (AvgIpc) is 2.78. The van der Waals surface area contributed by atoms with Crippen LogP contribution in [0.2, 0.25) is 0 Å². The first-order valence-corrected chi connectivity index (χ1v) is 9.84. The summed E-state index contributed by atoms with van der Waals surface area (Å²) in [6, 6.07) is 24.9. The van der Waals surface area contributed by atoms with Gasteiger partial charge in [0.1, 0.15) is 12.3 Å². The molecule has 2 aromatic carbocycles. The van der Waals surface area contributed by atoms with E-state index in [1.807, 2.05) is 73.7 Å². The number of aromatic nitrogens is 2. The first-order valence-electron chi connectivity index (χ1n) is 9.84. The molecule has 0 unspecified atom stereocenters. The van der Waals surface area contributed by atoms with Crippen molar-refractivity contribution >= 4 is 11.6 Å². The summed E-state index contributed by atoms with van der Waals surface area (Å²) in [5.41, 5.74) is 3.86. The zero-order valence-corrected chi connectivity index (χ0v) is 16.7. The number of hydrogen-bond donors (Lipinski definition) is 0. The van der Waals surface area contributed by atoms with Gasteiger partial charge in [-0.05, 0) is 29.7 Å². The molecule has 0 saturated carbocycles. The molecule has 150 valence electrons. The molecule has 0 atom stereocenters. The monoisotopic (exact) mass is 398 g/mol. The number of rotatable bonds is 6. The molecular weight excluding hydrogens is 376 g/mol. The molecule has 0 aliphatic heterocycles. The number of carbonyl (C=O) groups is 1. The van der Waals surface area contributed by atoms with Crippen LogP contribution in [-0.2, 0) is 16.1 Å². The molecule has 5 heteroatoms. The number of pyridine rings is 1. The highest BCUT2D eigenvalue weighted by Gasteiger charge is 2.19. The third-order valence-electron chi connectivity index (χ3n) is 5.02. The molecule has 4 aromatic rings. The number of hydrogen-bond acceptors (Lipinski definition) is 4. The number of carbonyl (C=O) groups excluding carboxylic acids is 1. The molecule has 0 bridgehead atoms. The quantitative estimate of drug-likeness (QED) is 0.455. The maximum Gasteiger partial charge on any atom is 0.307 e. The topological polar surface area (TPSA) is 60.7 Å². The second-order valence-corrected chi connectivity index (χ2v) is 7.26. The molecule has 5 nitrogen and oxygen atoms in total. The molecule has 2 aromatic heterocycles. The van der Waals surface area contributed by atoms with Gasteiger partial charge in [-0.25, -0.2) is 4.98 Å². The lowest BCUT2D eigenvalue weighted by atomic mass is 9.89. The van der Waals surface area contributed by atoms with Crippen molar-refractivity contribution in [2.24, 2.45) is 0 Å². The SMILES string of the molecule is Cc1ccc2nc(COC(=O)CC(c3ccccc3)c3ccccc3)cc(=O)n2c1. The summed E-state index contributed by atoms with van der Waals surface area (Å²) in [6.45, 7) is 1.88. The van der Waals surface area contributed by atoms with Crippen LogP contribution in [-0.4, -0.2) is 15.4 Å². The van der Waals surface area contributed by atoms with E-state index in [0.29, 0.717) is 11.3 Å². The summed E-state index contributed by atoms with van der Waals surface area (Å²) in [5.74, 6) is -0.434. The molecule has 0 aliphatic rings. The summed E-state index contributed by atoms with van der Waals surface area (Å²) in [6.07, 6.45) is 1.95. The van der Waals surface area contributed by atoms with Gasteiger partial charge in [0.2, 0.25) is 0 Å². The minimum absolute atomic E-state index is 0.0330. The Hall–Kier alpha value is -3.73. The van der Waals surface area contributed by atoms with Gasteiger partial charge in [-0.1, -0.05) is 66.7 Å². The van der Waals surface area contributed by atoms with Gasteiger partial charge in [0, 0.05) is 18.2 Å². The van der Waals surface area contributed by atoms with E-state index in [1.165, 1.54) is 10.5 Å². The fraction of sp³-hybridized carbons (Fsp3) is 0.160. The lowest BCUT2D eigenvalue weighted by Crippen LogP contribution is -2.17. The Kier molecular flexibility index (Phi) is 5.70. The van der Waals surface area contributed by atoms with Crippen molar-refractivity contribution < 1.29 is 9.53 Å². The number of fused-ring (bicyclic) bond motifs is 1. The maximum absolute atomic E-state index is 12.6. The Morgan fingerprint density at radius 1 is 0.967 bits per heavy atom. The molecule has 30 heavy (non-hydrogen) atoms. The summed E-state index contributed by atoms with van der Waals surface area (Å²) >= 11 is 0. The highest BCUT2D eigenvalue weighted by atomic mass is 16.5.